The van der Waals surface area contributed by atoms with Crippen LogP contribution in [0.5, 0.6) is 0 Å². The summed E-state index contributed by atoms with van der Waals surface area (Å²) in [6, 6.07) is 1.77. The molecule has 84 valence electrons. The lowest BCUT2D eigenvalue weighted by molar-refractivity contribution is 0.0512. The number of aromatic amines is 1. The summed E-state index contributed by atoms with van der Waals surface area (Å²) in [7, 11) is 0. The van der Waals surface area contributed by atoms with E-state index in [0.717, 1.165) is 4.88 Å². The minimum atomic E-state index is -0.542. The standard InChI is InChI=1S/C9H10N4O2S/c1-2-15-9(14)8-11-7(12-13-8)6-5(10)3-4-16-6/h3-4H,2,10H2,1H3,(H,11,12,13). The maximum atomic E-state index is 11.3. The van der Waals surface area contributed by atoms with Crippen LogP contribution in [-0.4, -0.2) is 27.8 Å². The number of nitrogens with zero attached hydrogens (tertiary/aromatic N) is 2. The monoisotopic (exact) mass is 238 g/mol. The minimum Gasteiger partial charge on any atom is -0.460 e. The van der Waals surface area contributed by atoms with Crippen molar-refractivity contribution in [3.63, 3.8) is 0 Å². The molecule has 2 aromatic heterocycles. The van der Waals surface area contributed by atoms with Gasteiger partial charge >= 0.3 is 5.97 Å². The van der Waals surface area contributed by atoms with E-state index < -0.39 is 5.97 Å². The van der Waals surface area contributed by atoms with Gasteiger partial charge in [-0.1, -0.05) is 0 Å². The van der Waals surface area contributed by atoms with Gasteiger partial charge in [0.05, 0.1) is 17.2 Å². The van der Waals surface area contributed by atoms with Crippen LogP contribution in [0.1, 0.15) is 17.5 Å². The maximum Gasteiger partial charge on any atom is 0.378 e. The molecule has 2 rings (SSSR count). The Bertz CT molecular complexity index is 505. The molecule has 0 bridgehead atoms. The predicted molar refractivity (Wildman–Crippen MR) is 60.1 cm³/mol. The number of anilines is 1. The molecule has 2 aromatic rings. The highest BCUT2D eigenvalue weighted by atomic mass is 32.1. The highest BCUT2D eigenvalue weighted by molar-refractivity contribution is 7.14. The number of hydrogen-bond donors (Lipinski definition) is 2. The summed E-state index contributed by atoms with van der Waals surface area (Å²) < 4.78 is 4.78. The molecule has 0 fully saturated rings. The molecule has 2 heterocycles. The maximum absolute atomic E-state index is 11.3. The van der Waals surface area contributed by atoms with Gasteiger partial charge in [-0.05, 0) is 18.4 Å². The number of rotatable bonds is 3. The molecule has 0 aliphatic heterocycles. The molecule has 0 saturated carbocycles. The third kappa shape index (κ3) is 1.89. The summed E-state index contributed by atoms with van der Waals surface area (Å²) >= 11 is 1.43. The van der Waals surface area contributed by atoms with Gasteiger partial charge in [-0.2, -0.15) is 0 Å². The molecule has 16 heavy (non-hydrogen) atoms. The van der Waals surface area contributed by atoms with Crippen LogP contribution in [0.2, 0.25) is 0 Å². The summed E-state index contributed by atoms with van der Waals surface area (Å²) in [4.78, 5) is 16.1. The average Bonchev–Trinajstić information content (AvgIpc) is 2.86. The molecule has 0 atom stereocenters. The minimum absolute atomic E-state index is 0.0182. The van der Waals surface area contributed by atoms with Gasteiger partial charge in [0.25, 0.3) is 5.82 Å². The fourth-order valence-electron chi connectivity index (χ4n) is 1.16. The molecule has 0 radical (unpaired) electrons. The number of nitrogens with two attached hydrogens (primary N) is 1. The third-order valence-electron chi connectivity index (χ3n) is 1.85. The second kappa shape index (κ2) is 4.31. The van der Waals surface area contributed by atoms with Gasteiger partial charge in [0, 0.05) is 0 Å². The van der Waals surface area contributed by atoms with E-state index in [9.17, 15) is 4.79 Å². The van der Waals surface area contributed by atoms with Crippen molar-refractivity contribution in [2.24, 2.45) is 0 Å². The summed E-state index contributed by atoms with van der Waals surface area (Å²) in [5.74, 6) is -0.0414. The lowest BCUT2D eigenvalue weighted by Crippen LogP contribution is -2.06. The zero-order valence-corrected chi connectivity index (χ0v) is 9.37. The van der Waals surface area contributed by atoms with Gasteiger partial charge in [0.15, 0.2) is 5.82 Å². The molecular formula is C9H10N4O2S. The van der Waals surface area contributed by atoms with Gasteiger partial charge in [0.2, 0.25) is 0 Å². The number of nitrogens with one attached hydrogen (secondary N) is 1. The van der Waals surface area contributed by atoms with Crippen molar-refractivity contribution in [1.29, 1.82) is 0 Å². The van der Waals surface area contributed by atoms with Crippen LogP contribution in [0.15, 0.2) is 11.4 Å². The van der Waals surface area contributed by atoms with E-state index in [-0.39, 0.29) is 5.82 Å². The predicted octanol–water partition coefficient (Wildman–Crippen LogP) is 1.29. The smallest absolute Gasteiger partial charge is 0.378 e. The van der Waals surface area contributed by atoms with E-state index in [1.165, 1.54) is 11.3 Å². The van der Waals surface area contributed by atoms with Crippen molar-refractivity contribution in [3.05, 3.63) is 17.3 Å². The van der Waals surface area contributed by atoms with Crippen LogP contribution in [0.3, 0.4) is 0 Å². The first-order valence-corrected chi connectivity index (χ1v) is 5.53. The number of H-pyrrole nitrogens is 1. The Labute approximate surface area is 95.5 Å². The van der Waals surface area contributed by atoms with Crippen LogP contribution in [0, 0.1) is 0 Å². The van der Waals surface area contributed by atoms with Gasteiger partial charge in [-0.25, -0.2) is 9.78 Å². The molecule has 0 aromatic carbocycles. The Morgan fingerprint density at radius 2 is 2.50 bits per heavy atom. The molecule has 7 heteroatoms. The highest BCUT2D eigenvalue weighted by Gasteiger charge is 2.15. The van der Waals surface area contributed by atoms with Crippen LogP contribution < -0.4 is 5.73 Å². The van der Waals surface area contributed by atoms with Crippen molar-refractivity contribution in [2.45, 2.75) is 6.92 Å². The van der Waals surface area contributed by atoms with Gasteiger partial charge in [0.1, 0.15) is 0 Å². The summed E-state index contributed by atoms with van der Waals surface area (Å²) in [5.41, 5.74) is 6.33. The first-order chi connectivity index (χ1) is 7.72. The fraction of sp³-hybridized carbons (Fsp3) is 0.222. The Morgan fingerprint density at radius 3 is 3.12 bits per heavy atom. The number of hydrogen-bond acceptors (Lipinski definition) is 6. The molecule has 6 nitrogen and oxygen atoms in total. The summed E-state index contributed by atoms with van der Waals surface area (Å²) in [6.45, 7) is 2.02. The Hall–Kier alpha value is -1.89. The number of carbonyl (C=O) groups is 1. The van der Waals surface area contributed by atoms with Crippen LogP contribution in [0.4, 0.5) is 5.69 Å². The van der Waals surface area contributed by atoms with Crippen molar-refractivity contribution in [2.75, 3.05) is 12.3 Å². The fourth-order valence-corrected chi connectivity index (χ4v) is 1.92. The summed E-state index contributed by atoms with van der Waals surface area (Å²) in [6.07, 6.45) is 0. The van der Waals surface area contributed by atoms with Gasteiger partial charge in [-0.3, -0.25) is 5.10 Å². The van der Waals surface area contributed by atoms with Crippen LogP contribution >= 0.6 is 11.3 Å². The van der Waals surface area contributed by atoms with Crippen molar-refractivity contribution in [3.8, 4) is 10.7 Å². The molecule has 0 amide bonds. The Kier molecular flexibility index (Phi) is 2.86. The van der Waals surface area contributed by atoms with E-state index in [4.69, 9.17) is 10.5 Å². The van der Waals surface area contributed by atoms with Crippen LogP contribution in [-0.2, 0) is 4.74 Å². The molecule has 0 aliphatic rings. The zero-order valence-electron chi connectivity index (χ0n) is 8.56. The van der Waals surface area contributed by atoms with Crippen molar-refractivity contribution >= 4 is 23.0 Å². The number of esters is 1. The number of carbonyl (C=O) groups excluding carboxylic acids is 1. The van der Waals surface area contributed by atoms with Crippen molar-refractivity contribution < 1.29 is 9.53 Å². The molecule has 0 aliphatic carbocycles. The number of aromatic nitrogens is 3. The first-order valence-electron chi connectivity index (χ1n) is 4.65. The quantitative estimate of drug-likeness (QED) is 0.786. The van der Waals surface area contributed by atoms with E-state index in [1.54, 1.807) is 13.0 Å². The second-order valence-corrected chi connectivity index (χ2v) is 3.85. The molecule has 3 N–H and O–H groups in total. The lowest BCUT2D eigenvalue weighted by atomic mass is 10.4. The number of ether oxygens (including phenoxy) is 1. The molecular weight excluding hydrogens is 228 g/mol. The van der Waals surface area contributed by atoms with Crippen molar-refractivity contribution in [1.82, 2.24) is 15.2 Å². The Morgan fingerprint density at radius 1 is 1.69 bits per heavy atom. The van der Waals surface area contributed by atoms with Gasteiger partial charge in [-0.15, -0.1) is 16.4 Å². The van der Waals surface area contributed by atoms with E-state index in [2.05, 4.69) is 15.2 Å². The molecule has 0 saturated heterocycles. The van der Waals surface area contributed by atoms with E-state index in [1.807, 2.05) is 5.38 Å². The topological polar surface area (TPSA) is 93.9 Å². The number of thiophene rings is 1. The highest BCUT2D eigenvalue weighted by Crippen LogP contribution is 2.28. The number of nitrogen functional groups attached to an aromatic ring is 1. The average molecular weight is 238 g/mol. The normalized spacial score (nSPS) is 10.3. The first kappa shape index (κ1) is 10.6. The van der Waals surface area contributed by atoms with E-state index >= 15 is 0 Å². The van der Waals surface area contributed by atoms with E-state index in [0.29, 0.717) is 18.1 Å². The third-order valence-corrected chi connectivity index (χ3v) is 2.79. The zero-order chi connectivity index (χ0) is 11.5. The molecule has 0 spiro atoms. The largest absolute Gasteiger partial charge is 0.460 e. The second-order valence-electron chi connectivity index (χ2n) is 2.93. The SMILES string of the molecule is CCOC(=O)c1n[nH]c(-c2sccc2N)n1. The lowest BCUT2D eigenvalue weighted by Gasteiger charge is -1.94. The van der Waals surface area contributed by atoms with Gasteiger partial charge < -0.3 is 10.5 Å². The molecule has 0 unspecified atom stereocenters. The van der Waals surface area contributed by atoms with Crippen LogP contribution in [0.25, 0.3) is 10.7 Å². The Balaban J connectivity index is 2.26. The summed E-state index contributed by atoms with van der Waals surface area (Å²) in [5, 5.41) is 8.27.